The van der Waals surface area contributed by atoms with Crippen molar-refractivity contribution in [2.45, 2.75) is 85.0 Å². The number of carboxylic acids is 1. The van der Waals surface area contributed by atoms with E-state index in [-0.39, 0.29) is 30.6 Å². The number of nitrogens with one attached hydrogen (secondary N) is 4. The lowest BCUT2D eigenvalue weighted by atomic mass is 9.95. The van der Waals surface area contributed by atoms with Crippen molar-refractivity contribution in [1.82, 2.24) is 20.9 Å². The first kappa shape index (κ1) is 30.8. The number of amides is 3. The number of carbonyl (C=O) groups excluding carboxylic acids is 3. The van der Waals surface area contributed by atoms with Crippen LogP contribution in [-0.4, -0.2) is 57.9 Å². The summed E-state index contributed by atoms with van der Waals surface area (Å²) < 4.78 is 0. The minimum atomic E-state index is -1.13. The zero-order valence-electron chi connectivity index (χ0n) is 23.2. The van der Waals surface area contributed by atoms with Gasteiger partial charge in [-0.1, -0.05) is 66.2 Å². The molecule has 0 saturated carbocycles. The summed E-state index contributed by atoms with van der Waals surface area (Å²) in [5.41, 5.74) is 8.08. The summed E-state index contributed by atoms with van der Waals surface area (Å²) in [4.78, 5) is 54.2. The first-order valence-corrected chi connectivity index (χ1v) is 13.3. The maximum Gasteiger partial charge on any atom is 0.326 e. The molecule has 210 valence electrons. The van der Waals surface area contributed by atoms with Crippen molar-refractivity contribution < 1.29 is 24.3 Å². The summed E-state index contributed by atoms with van der Waals surface area (Å²) in [5, 5.41) is 18.6. The van der Waals surface area contributed by atoms with E-state index in [1.54, 1.807) is 13.8 Å². The van der Waals surface area contributed by atoms with Gasteiger partial charge >= 0.3 is 5.97 Å². The van der Waals surface area contributed by atoms with Crippen LogP contribution in [0.15, 0.2) is 30.5 Å². The summed E-state index contributed by atoms with van der Waals surface area (Å²) in [6.07, 6.45) is 2.98. The summed E-state index contributed by atoms with van der Waals surface area (Å²) >= 11 is 0. The molecule has 0 fully saturated rings. The lowest BCUT2D eigenvalue weighted by Crippen LogP contribution is -2.60. The highest BCUT2D eigenvalue weighted by Crippen LogP contribution is 2.19. The second kappa shape index (κ2) is 13.9. The third-order valence-corrected chi connectivity index (χ3v) is 6.81. The van der Waals surface area contributed by atoms with Gasteiger partial charge in [0.15, 0.2) is 0 Å². The van der Waals surface area contributed by atoms with E-state index in [2.05, 4.69) is 20.9 Å². The molecule has 5 atom stereocenters. The third-order valence-electron chi connectivity index (χ3n) is 6.81. The van der Waals surface area contributed by atoms with Crippen molar-refractivity contribution in [3.8, 4) is 0 Å². The van der Waals surface area contributed by atoms with E-state index in [0.29, 0.717) is 6.42 Å². The Bertz CT molecular complexity index is 1110. The Morgan fingerprint density at radius 3 is 2.11 bits per heavy atom. The van der Waals surface area contributed by atoms with Crippen LogP contribution in [0.4, 0.5) is 0 Å². The van der Waals surface area contributed by atoms with Gasteiger partial charge in [-0.25, -0.2) is 4.79 Å². The van der Waals surface area contributed by atoms with Crippen molar-refractivity contribution >= 4 is 34.6 Å². The Morgan fingerprint density at radius 1 is 0.921 bits per heavy atom. The Labute approximate surface area is 224 Å². The molecule has 5 unspecified atom stereocenters. The normalized spacial score (nSPS) is 15.5. The summed E-state index contributed by atoms with van der Waals surface area (Å²) in [5.74, 6) is -3.18. The van der Waals surface area contributed by atoms with Crippen LogP contribution in [0.5, 0.6) is 0 Å². The number of nitrogens with two attached hydrogens (primary N) is 1. The SMILES string of the molecule is CCC(C)C(NC(=O)C(N)Cc1c[nH]c2ccccc12)C(=O)NC(C(=O)NC(CC(C)C)C(=O)O)C(C)C. The number of fused-ring (bicyclic) bond motifs is 1. The van der Waals surface area contributed by atoms with Crippen LogP contribution >= 0.6 is 0 Å². The van der Waals surface area contributed by atoms with Crippen molar-refractivity contribution in [2.24, 2.45) is 23.5 Å². The number of aromatic amines is 1. The number of aromatic nitrogens is 1. The molecule has 7 N–H and O–H groups in total. The monoisotopic (exact) mass is 529 g/mol. The Morgan fingerprint density at radius 2 is 1.53 bits per heavy atom. The summed E-state index contributed by atoms with van der Waals surface area (Å²) in [7, 11) is 0. The number of rotatable bonds is 14. The van der Waals surface area contributed by atoms with Crippen LogP contribution in [0.25, 0.3) is 10.9 Å². The third kappa shape index (κ3) is 8.31. The molecule has 0 bridgehead atoms. The van der Waals surface area contributed by atoms with Crippen molar-refractivity contribution in [3.63, 3.8) is 0 Å². The second-order valence-corrected chi connectivity index (χ2v) is 10.8. The molecular weight excluding hydrogens is 486 g/mol. The van der Waals surface area contributed by atoms with Gasteiger partial charge in [-0.05, 0) is 42.2 Å². The molecule has 0 radical (unpaired) electrons. The molecule has 0 saturated heterocycles. The largest absolute Gasteiger partial charge is 0.480 e. The highest BCUT2D eigenvalue weighted by molar-refractivity contribution is 5.94. The Kier molecular flexibility index (Phi) is 11.3. The summed E-state index contributed by atoms with van der Waals surface area (Å²) in [6.45, 7) is 11.0. The number of hydrogen-bond donors (Lipinski definition) is 6. The lowest BCUT2D eigenvalue weighted by molar-refractivity contribution is -0.143. The van der Waals surface area contributed by atoms with Crippen LogP contribution in [0.3, 0.4) is 0 Å². The minimum absolute atomic E-state index is 0.0574. The van der Waals surface area contributed by atoms with Gasteiger partial charge < -0.3 is 31.8 Å². The smallest absolute Gasteiger partial charge is 0.326 e. The fourth-order valence-electron chi connectivity index (χ4n) is 4.32. The number of aliphatic carboxylic acids is 1. The van der Waals surface area contributed by atoms with Gasteiger partial charge in [0.1, 0.15) is 18.1 Å². The van der Waals surface area contributed by atoms with Gasteiger partial charge in [0.05, 0.1) is 6.04 Å². The van der Waals surface area contributed by atoms with Crippen molar-refractivity contribution in [1.29, 1.82) is 0 Å². The van der Waals surface area contributed by atoms with E-state index in [4.69, 9.17) is 5.73 Å². The Balaban J connectivity index is 2.12. The quantitative estimate of drug-likeness (QED) is 0.220. The second-order valence-electron chi connectivity index (χ2n) is 10.8. The molecule has 38 heavy (non-hydrogen) atoms. The summed E-state index contributed by atoms with van der Waals surface area (Å²) in [6, 6.07) is 3.89. The van der Waals surface area contributed by atoms with Crippen molar-refractivity contribution in [3.05, 3.63) is 36.0 Å². The van der Waals surface area contributed by atoms with E-state index < -0.39 is 47.9 Å². The maximum atomic E-state index is 13.3. The van der Waals surface area contributed by atoms with Gasteiger partial charge in [-0.15, -0.1) is 0 Å². The van der Waals surface area contributed by atoms with E-state index in [9.17, 15) is 24.3 Å². The molecule has 10 nitrogen and oxygen atoms in total. The zero-order chi connectivity index (χ0) is 28.6. The van der Waals surface area contributed by atoms with Crippen LogP contribution in [-0.2, 0) is 25.6 Å². The number of benzene rings is 1. The molecule has 2 aromatic rings. The molecule has 0 aliphatic rings. The Hall–Kier alpha value is -3.40. The molecule has 0 aliphatic carbocycles. The topological polar surface area (TPSA) is 166 Å². The van der Waals surface area contributed by atoms with Crippen LogP contribution in [0.2, 0.25) is 0 Å². The number of hydrogen-bond acceptors (Lipinski definition) is 5. The van der Waals surface area contributed by atoms with Crippen molar-refractivity contribution in [2.75, 3.05) is 0 Å². The minimum Gasteiger partial charge on any atom is -0.480 e. The molecular formula is C28H43N5O5. The highest BCUT2D eigenvalue weighted by atomic mass is 16.4. The number of para-hydroxylation sites is 1. The van der Waals surface area contributed by atoms with Crippen LogP contribution in [0.1, 0.15) is 59.9 Å². The molecule has 1 heterocycles. The van der Waals surface area contributed by atoms with Crippen LogP contribution in [0, 0.1) is 17.8 Å². The standard InChI is InChI=1S/C28H43N5O5/c1-7-17(6)24(33-25(34)20(29)13-18-14-30-21-11-9-8-10-19(18)21)27(36)32-23(16(4)5)26(35)31-22(28(37)38)12-15(2)3/h8-11,14-17,20,22-24,30H,7,12-13,29H2,1-6H3,(H,31,35)(H,32,36)(H,33,34)(H,37,38). The first-order valence-electron chi connectivity index (χ1n) is 13.3. The van der Waals surface area contributed by atoms with E-state index >= 15 is 0 Å². The van der Waals surface area contributed by atoms with Gasteiger partial charge in [0.25, 0.3) is 0 Å². The molecule has 3 amide bonds. The number of H-pyrrole nitrogens is 1. The predicted molar refractivity (Wildman–Crippen MR) is 147 cm³/mol. The lowest BCUT2D eigenvalue weighted by Gasteiger charge is -2.29. The molecule has 0 aliphatic heterocycles. The van der Waals surface area contributed by atoms with Gasteiger partial charge in [0, 0.05) is 17.1 Å². The average Bonchev–Trinajstić information content (AvgIpc) is 3.26. The zero-order valence-corrected chi connectivity index (χ0v) is 23.2. The maximum absolute atomic E-state index is 13.3. The molecule has 2 rings (SSSR count). The van der Waals surface area contributed by atoms with Gasteiger partial charge in [0.2, 0.25) is 17.7 Å². The van der Waals surface area contributed by atoms with Gasteiger partial charge in [-0.2, -0.15) is 0 Å². The fraction of sp³-hybridized carbons (Fsp3) is 0.571. The molecule has 10 heteroatoms. The average molecular weight is 530 g/mol. The fourth-order valence-corrected chi connectivity index (χ4v) is 4.32. The van der Waals surface area contributed by atoms with Gasteiger partial charge in [-0.3, -0.25) is 14.4 Å². The van der Waals surface area contributed by atoms with E-state index in [1.807, 2.05) is 58.2 Å². The molecule has 0 spiro atoms. The van der Waals surface area contributed by atoms with E-state index in [1.165, 1.54) is 0 Å². The molecule has 1 aromatic heterocycles. The first-order chi connectivity index (χ1) is 17.8. The highest BCUT2D eigenvalue weighted by Gasteiger charge is 2.34. The van der Waals surface area contributed by atoms with Crippen LogP contribution < -0.4 is 21.7 Å². The number of carbonyl (C=O) groups is 4. The predicted octanol–water partition coefficient (Wildman–Crippen LogP) is 2.32. The molecule has 1 aromatic carbocycles. The number of carboxylic acid groups (broad SMARTS) is 1. The van der Waals surface area contributed by atoms with E-state index in [0.717, 1.165) is 16.5 Å².